The van der Waals surface area contributed by atoms with Crippen LogP contribution in [-0.2, 0) is 11.3 Å². The molecule has 2 rings (SSSR count). The monoisotopic (exact) mass is 388 g/mol. The molecule has 8 heteroatoms. The highest BCUT2D eigenvalue weighted by Crippen LogP contribution is 2.20. The first-order valence-electron chi connectivity index (χ1n) is 9.45. The van der Waals surface area contributed by atoms with Gasteiger partial charge in [0.2, 0.25) is 5.89 Å². The predicted molar refractivity (Wildman–Crippen MR) is 104 cm³/mol. The number of carbonyl (C=O) groups is 2. The minimum absolute atomic E-state index is 0.198. The van der Waals surface area contributed by atoms with Crippen LogP contribution in [0.1, 0.15) is 54.7 Å². The number of nitrogens with two attached hydrogens (primary N) is 1. The van der Waals surface area contributed by atoms with Crippen LogP contribution in [0.4, 0.5) is 4.79 Å². The lowest BCUT2D eigenvalue weighted by molar-refractivity contribution is 0.0948. The Kier molecular flexibility index (Phi) is 8.48. The molecule has 1 aromatic heterocycles. The molecule has 2 unspecified atom stereocenters. The summed E-state index contributed by atoms with van der Waals surface area (Å²) in [5.41, 5.74) is 7.17. The molecule has 152 valence electrons. The fourth-order valence-corrected chi connectivity index (χ4v) is 2.39. The molecule has 0 saturated heterocycles. The fourth-order valence-electron chi connectivity index (χ4n) is 2.39. The Morgan fingerprint density at radius 1 is 1.21 bits per heavy atom. The van der Waals surface area contributed by atoms with Crippen molar-refractivity contribution in [2.24, 2.45) is 11.7 Å². The van der Waals surface area contributed by atoms with Crippen molar-refractivity contribution < 1.29 is 18.7 Å². The summed E-state index contributed by atoms with van der Waals surface area (Å²) >= 11 is 0. The van der Waals surface area contributed by atoms with E-state index in [2.05, 4.69) is 15.6 Å². The van der Waals surface area contributed by atoms with Crippen molar-refractivity contribution in [1.82, 2.24) is 15.6 Å². The van der Waals surface area contributed by atoms with E-state index < -0.39 is 6.09 Å². The molecule has 8 nitrogen and oxygen atoms in total. The van der Waals surface area contributed by atoms with Gasteiger partial charge in [-0.15, -0.1) is 0 Å². The second kappa shape index (κ2) is 11.1. The molecule has 0 aliphatic heterocycles. The van der Waals surface area contributed by atoms with Gasteiger partial charge in [-0.2, -0.15) is 0 Å². The van der Waals surface area contributed by atoms with Gasteiger partial charge in [-0.25, -0.2) is 9.78 Å². The van der Waals surface area contributed by atoms with Gasteiger partial charge in [0.1, 0.15) is 12.9 Å². The number of amides is 2. The lowest BCUT2D eigenvalue weighted by Gasteiger charge is -2.13. The van der Waals surface area contributed by atoms with Crippen LogP contribution in [0.3, 0.4) is 0 Å². The van der Waals surface area contributed by atoms with E-state index in [9.17, 15) is 9.59 Å². The van der Waals surface area contributed by atoms with E-state index in [1.807, 2.05) is 44.2 Å². The number of benzene rings is 1. The maximum Gasteiger partial charge on any atom is 0.407 e. The highest BCUT2D eigenvalue weighted by Gasteiger charge is 2.20. The van der Waals surface area contributed by atoms with Gasteiger partial charge in [-0.05, 0) is 17.9 Å². The van der Waals surface area contributed by atoms with Crippen molar-refractivity contribution >= 4 is 12.0 Å². The molecule has 2 atom stereocenters. The molecule has 0 spiro atoms. The number of hydrogen-bond donors (Lipinski definition) is 3. The molecular formula is C20H28N4O4. The quantitative estimate of drug-likeness (QED) is 0.538. The summed E-state index contributed by atoms with van der Waals surface area (Å²) in [6.45, 7) is 5.03. The molecule has 0 aliphatic rings. The van der Waals surface area contributed by atoms with E-state index >= 15 is 0 Å². The van der Waals surface area contributed by atoms with Gasteiger partial charge < -0.3 is 25.5 Å². The van der Waals surface area contributed by atoms with E-state index in [1.165, 1.54) is 6.26 Å². The number of ether oxygens (including phenoxy) is 1. The third-order valence-corrected chi connectivity index (χ3v) is 4.42. The standard InChI is InChI=1S/C20H28N4O4/c1-3-14(2)17(21)19-24-16(13-27-19)18(25)22-10-7-11-23-20(26)28-12-15-8-5-4-6-9-15/h4-6,8-9,13-14,17H,3,7,10-12,21H2,1-2H3,(H,22,25)(H,23,26). The summed E-state index contributed by atoms with van der Waals surface area (Å²) < 4.78 is 10.4. The predicted octanol–water partition coefficient (Wildman–Crippen LogP) is 2.77. The first-order chi connectivity index (χ1) is 13.5. The molecule has 28 heavy (non-hydrogen) atoms. The summed E-state index contributed by atoms with van der Waals surface area (Å²) in [6.07, 6.45) is 2.27. The fraction of sp³-hybridized carbons (Fsp3) is 0.450. The second-order valence-electron chi connectivity index (χ2n) is 6.58. The molecule has 4 N–H and O–H groups in total. The Labute approximate surface area is 164 Å². The minimum atomic E-state index is -0.490. The lowest BCUT2D eigenvalue weighted by Crippen LogP contribution is -2.30. The van der Waals surface area contributed by atoms with Crippen molar-refractivity contribution in [1.29, 1.82) is 0 Å². The summed E-state index contributed by atoms with van der Waals surface area (Å²) in [6, 6.07) is 9.10. The second-order valence-corrected chi connectivity index (χ2v) is 6.58. The van der Waals surface area contributed by atoms with Gasteiger partial charge in [-0.3, -0.25) is 4.79 Å². The third kappa shape index (κ3) is 6.70. The Hall–Kier alpha value is -2.87. The van der Waals surface area contributed by atoms with E-state index in [0.29, 0.717) is 25.4 Å². The molecule has 1 heterocycles. The summed E-state index contributed by atoms with van der Waals surface area (Å²) in [5, 5.41) is 5.37. The maximum absolute atomic E-state index is 12.1. The van der Waals surface area contributed by atoms with Gasteiger partial charge in [-0.1, -0.05) is 50.6 Å². The number of hydrogen-bond acceptors (Lipinski definition) is 6. The largest absolute Gasteiger partial charge is 0.446 e. The van der Waals surface area contributed by atoms with Crippen molar-refractivity contribution in [2.75, 3.05) is 13.1 Å². The molecule has 2 aromatic rings. The molecule has 0 fully saturated rings. The van der Waals surface area contributed by atoms with Gasteiger partial charge in [0.05, 0.1) is 6.04 Å². The average Bonchev–Trinajstić information content (AvgIpc) is 3.21. The van der Waals surface area contributed by atoms with Crippen LogP contribution in [0.2, 0.25) is 0 Å². The van der Waals surface area contributed by atoms with Crippen molar-refractivity contribution in [3.63, 3.8) is 0 Å². The molecule has 0 radical (unpaired) electrons. The Bertz CT molecular complexity index is 748. The maximum atomic E-state index is 12.1. The van der Waals surface area contributed by atoms with Crippen LogP contribution >= 0.6 is 0 Å². The number of rotatable bonds is 10. The molecule has 0 saturated carbocycles. The first-order valence-corrected chi connectivity index (χ1v) is 9.45. The lowest BCUT2D eigenvalue weighted by atomic mass is 10.0. The highest BCUT2D eigenvalue weighted by atomic mass is 16.5. The Balaban J connectivity index is 1.62. The van der Waals surface area contributed by atoms with E-state index in [4.69, 9.17) is 14.9 Å². The Morgan fingerprint density at radius 3 is 2.64 bits per heavy atom. The van der Waals surface area contributed by atoms with E-state index in [0.717, 1.165) is 12.0 Å². The number of nitrogens with one attached hydrogen (secondary N) is 2. The molecule has 0 aliphatic carbocycles. The van der Waals surface area contributed by atoms with E-state index in [1.54, 1.807) is 0 Å². The topological polar surface area (TPSA) is 119 Å². The number of aromatic nitrogens is 1. The number of oxazole rings is 1. The van der Waals surface area contributed by atoms with Crippen LogP contribution in [0.25, 0.3) is 0 Å². The zero-order chi connectivity index (χ0) is 20.4. The first kappa shape index (κ1) is 21.4. The minimum Gasteiger partial charge on any atom is -0.446 e. The van der Waals surface area contributed by atoms with Crippen molar-refractivity contribution in [3.05, 3.63) is 53.7 Å². The van der Waals surface area contributed by atoms with Crippen LogP contribution in [0.5, 0.6) is 0 Å². The third-order valence-electron chi connectivity index (χ3n) is 4.42. The van der Waals surface area contributed by atoms with Gasteiger partial charge in [0, 0.05) is 13.1 Å². The van der Waals surface area contributed by atoms with Gasteiger partial charge in [0.15, 0.2) is 5.69 Å². The van der Waals surface area contributed by atoms with Gasteiger partial charge >= 0.3 is 6.09 Å². The summed E-state index contributed by atoms with van der Waals surface area (Å²) in [4.78, 5) is 27.9. The zero-order valence-corrected chi connectivity index (χ0v) is 16.3. The number of nitrogens with zero attached hydrogens (tertiary/aromatic N) is 1. The van der Waals surface area contributed by atoms with Crippen molar-refractivity contribution in [3.8, 4) is 0 Å². The molecule has 0 bridgehead atoms. The van der Waals surface area contributed by atoms with Crippen LogP contribution in [0, 0.1) is 5.92 Å². The smallest absolute Gasteiger partial charge is 0.407 e. The summed E-state index contributed by atoms with van der Waals surface area (Å²) in [7, 11) is 0. The summed E-state index contributed by atoms with van der Waals surface area (Å²) in [5.74, 6) is 0.239. The van der Waals surface area contributed by atoms with Gasteiger partial charge in [0.25, 0.3) is 5.91 Å². The highest BCUT2D eigenvalue weighted by molar-refractivity contribution is 5.91. The van der Waals surface area contributed by atoms with Crippen LogP contribution < -0.4 is 16.4 Å². The SMILES string of the molecule is CCC(C)C(N)c1nc(C(=O)NCCCNC(=O)OCc2ccccc2)co1. The normalized spacial score (nSPS) is 12.8. The molecule has 2 amide bonds. The Morgan fingerprint density at radius 2 is 1.93 bits per heavy atom. The molecule has 1 aromatic carbocycles. The van der Waals surface area contributed by atoms with Crippen LogP contribution in [0.15, 0.2) is 41.0 Å². The van der Waals surface area contributed by atoms with Crippen LogP contribution in [-0.4, -0.2) is 30.1 Å². The zero-order valence-electron chi connectivity index (χ0n) is 16.3. The molecular weight excluding hydrogens is 360 g/mol. The average molecular weight is 388 g/mol. The number of carbonyl (C=O) groups excluding carboxylic acids is 2. The van der Waals surface area contributed by atoms with Crippen molar-refractivity contribution in [2.45, 2.75) is 39.3 Å². The number of alkyl carbamates (subject to hydrolysis) is 1. The van der Waals surface area contributed by atoms with E-state index in [-0.39, 0.29) is 30.2 Å².